The van der Waals surface area contributed by atoms with E-state index in [4.69, 9.17) is 4.74 Å². The van der Waals surface area contributed by atoms with Gasteiger partial charge in [0, 0.05) is 43.7 Å². The number of hydrogen-bond acceptors (Lipinski definition) is 7. The van der Waals surface area contributed by atoms with Crippen molar-refractivity contribution in [1.82, 2.24) is 24.4 Å². The molecule has 3 aliphatic rings. The van der Waals surface area contributed by atoms with E-state index in [1.807, 2.05) is 25.1 Å². The van der Waals surface area contributed by atoms with E-state index in [-0.39, 0.29) is 16.9 Å². The van der Waals surface area contributed by atoms with Gasteiger partial charge in [0.25, 0.3) is 0 Å². The van der Waals surface area contributed by atoms with Crippen molar-refractivity contribution in [2.24, 2.45) is 5.41 Å². The first kappa shape index (κ1) is 29.4. The van der Waals surface area contributed by atoms with E-state index >= 15 is 0 Å². The number of imidazole rings is 1. The lowest BCUT2D eigenvalue weighted by Gasteiger charge is -2.26. The molecule has 1 N–H and O–H groups in total. The lowest BCUT2D eigenvalue weighted by atomic mass is 9.86. The summed E-state index contributed by atoms with van der Waals surface area (Å²) in [6.45, 7) is 7.18. The van der Waals surface area contributed by atoms with Gasteiger partial charge in [-0.05, 0) is 104 Å². The maximum Gasteiger partial charge on any atom is 0.326 e. The lowest BCUT2D eigenvalue weighted by molar-refractivity contribution is 0.270. The number of fused-ring (bicyclic) bond motifs is 1. The number of rotatable bonds is 8. The summed E-state index contributed by atoms with van der Waals surface area (Å²) in [5.41, 5.74) is 6.32. The highest BCUT2D eigenvalue weighted by molar-refractivity contribution is 5.77. The molecular weight excluding hydrogens is 593 g/mol. The third-order valence-corrected chi connectivity index (χ3v) is 10.1. The number of nitrogens with one attached hydrogen (secondary N) is 1. The Kier molecular flexibility index (Phi) is 7.29. The number of aromatic amines is 1. The average molecular weight is 630 g/mol. The zero-order valence-corrected chi connectivity index (χ0v) is 26.4. The summed E-state index contributed by atoms with van der Waals surface area (Å²) >= 11 is 0. The van der Waals surface area contributed by atoms with Crippen LogP contribution < -0.4 is 15.3 Å². The predicted octanol–water partition coefficient (Wildman–Crippen LogP) is 6.59. The highest BCUT2D eigenvalue weighted by Crippen LogP contribution is 2.48. The number of ether oxygens (including phenoxy) is 1. The van der Waals surface area contributed by atoms with Crippen molar-refractivity contribution in [1.29, 1.82) is 5.26 Å². The summed E-state index contributed by atoms with van der Waals surface area (Å²) in [6.07, 6.45) is 7.51. The monoisotopic (exact) mass is 629 g/mol. The number of anilines is 1. The van der Waals surface area contributed by atoms with Gasteiger partial charge >= 0.3 is 5.69 Å². The summed E-state index contributed by atoms with van der Waals surface area (Å²) in [7, 11) is 0. The molecule has 9 nitrogen and oxygen atoms in total. The molecule has 2 saturated heterocycles. The SMILES string of the molecule is CCn1c(=O)[nH]c2cc(CN3CCC4(CCN(c5ncncc5Oc5ccc(F)cc5-c5ccc(C#N)cc5C5CC5)C4)C3)ccc21. The van der Waals surface area contributed by atoms with Crippen molar-refractivity contribution in [3.8, 4) is 28.7 Å². The molecule has 5 aromatic rings. The molecule has 2 aliphatic heterocycles. The molecule has 0 radical (unpaired) electrons. The third kappa shape index (κ3) is 5.55. The molecule has 3 aromatic carbocycles. The Balaban J connectivity index is 1.01. The number of nitriles is 1. The van der Waals surface area contributed by atoms with Gasteiger partial charge in [-0.15, -0.1) is 0 Å². The molecule has 1 aliphatic carbocycles. The minimum Gasteiger partial charge on any atom is -0.451 e. The fourth-order valence-corrected chi connectivity index (χ4v) is 7.64. The van der Waals surface area contributed by atoms with Gasteiger partial charge in [0.15, 0.2) is 11.6 Å². The second kappa shape index (κ2) is 11.7. The number of aryl methyl sites for hydroxylation is 1. The first-order valence-corrected chi connectivity index (χ1v) is 16.4. The summed E-state index contributed by atoms with van der Waals surface area (Å²) in [5.74, 6) is 1.83. The largest absolute Gasteiger partial charge is 0.451 e. The topological polar surface area (TPSA) is 103 Å². The van der Waals surface area contributed by atoms with Gasteiger partial charge in [-0.3, -0.25) is 9.47 Å². The zero-order valence-electron chi connectivity index (χ0n) is 26.4. The predicted molar refractivity (Wildman–Crippen MR) is 178 cm³/mol. The number of H-pyrrole nitrogens is 1. The van der Waals surface area contributed by atoms with Gasteiger partial charge < -0.3 is 14.6 Å². The summed E-state index contributed by atoms with van der Waals surface area (Å²) in [6, 6.07) is 18.7. The Bertz CT molecular complexity index is 2090. The molecule has 1 saturated carbocycles. The second-order valence-corrected chi connectivity index (χ2v) is 13.3. The minimum absolute atomic E-state index is 0.0631. The van der Waals surface area contributed by atoms with Crippen molar-refractivity contribution in [3.63, 3.8) is 0 Å². The molecule has 8 rings (SSSR count). The molecule has 1 unspecified atom stereocenters. The summed E-state index contributed by atoms with van der Waals surface area (Å²) in [4.78, 5) is 29.0. The number of benzene rings is 3. The Morgan fingerprint density at radius 2 is 1.91 bits per heavy atom. The van der Waals surface area contributed by atoms with Crippen LogP contribution in [0.1, 0.15) is 55.2 Å². The highest BCUT2D eigenvalue weighted by atomic mass is 19.1. The number of aromatic nitrogens is 4. The van der Waals surface area contributed by atoms with Crippen molar-refractivity contribution in [3.05, 3.63) is 100 Å². The molecule has 0 amide bonds. The van der Waals surface area contributed by atoms with Crippen LogP contribution in [0, 0.1) is 22.6 Å². The van der Waals surface area contributed by atoms with Crippen LogP contribution in [-0.2, 0) is 13.1 Å². The maximum absolute atomic E-state index is 14.7. The van der Waals surface area contributed by atoms with Gasteiger partial charge in [0.1, 0.15) is 17.9 Å². The number of hydrogen-bond donors (Lipinski definition) is 1. The van der Waals surface area contributed by atoms with E-state index in [1.165, 1.54) is 17.7 Å². The summed E-state index contributed by atoms with van der Waals surface area (Å²) < 4.78 is 23.0. The van der Waals surface area contributed by atoms with E-state index in [2.05, 4.69) is 43.0 Å². The zero-order chi connectivity index (χ0) is 32.1. The normalized spacial score (nSPS) is 19.6. The van der Waals surface area contributed by atoms with Gasteiger partial charge in [-0.25, -0.2) is 19.2 Å². The van der Waals surface area contributed by atoms with E-state index < -0.39 is 0 Å². The molecular formula is C37H36FN7O2. The number of halogens is 1. The fourth-order valence-electron chi connectivity index (χ4n) is 7.64. The van der Waals surface area contributed by atoms with Gasteiger partial charge in [-0.2, -0.15) is 5.26 Å². The average Bonchev–Trinajstić information content (AvgIpc) is 3.62. The van der Waals surface area contributed by atoms with Crippen LogP contribution in [0.15, 0.2) is 71.9 Å². The molecule has 2 aromatic heterocycles. The quantitative estimate of drug-likeness (QED) is 0.207. The number of likely N-dealkylation sites (tertiary alicyclic amines) is 1. The van der Waals surface area contributed by atoms with Crippen LogP contribution in [0.5, 0.6) is 11.5 Å². The first-order valence-electron chi connectivity index (χ1n) is 16.4. The molecule has 1 spiro atoms. The van der Waals surface area contributed by atoms with Crippen molar-refractivity contribution in [2.75, 3.05) is 31.1 Å². The minimum atomic E-state index is -0.345. The Hall–Kier alpha value is -5.01. The fraction of sp³-hybridized carbons (Fsp3) is 0.351. The van der Waals surface area contributed by atoms with Crippen LogP contribution in [0.4, 0.5) is 10.2 Å². The first-order chi connectivity index (χ1) is 22.9. The van der Waals surface area contributed by atoms with Gasteiger partial charge in [0.05, 0.1) is 28.9 Å². The third-order valence-electron chi connectivity index (χ3n) is 10.1. The molecule has 10 heteroatoms. The maximum atomic E-state index is 14.7. The van der Waals surface area contributed by atoms with Crippen molar-refractivity contribution in [2.45, 2.75) is 51.6 Å². The van der Waals surface area contributed by atoms with Crippen LogP contribution in [0.25, 0.3) is 22.2 Å². The lowest BCUT2D eigenvalue weighted by Crippen LogP contribution is -2.31. The molecule has 1 atom stereocenters. The van der Waals surface area contributed by atoms with Crippen LogP contribution in [0.3, 0.4) is 0 Å². The van der Waals surface area contributed by atoms with E-state index in [0.29, 0.717) is 35.1 Å². The van der Waals surface area contributed by atoms with Crippen LogP contribution in [0.2, 0.25) is 0 Å². The second-order valence-electron chi connectivity index (χ2n) is 13.3. The molecule has 0 bridgehead atoms. The molecule has 4 heterocycles. The Labute approximate surface area is 272 Å². The molecule has 238 valence electrons. The molecule has 3 fully saturated rings. The Morgan fingerprint density at radius 3 is 2.74 bits per heavy atom. The Morgan fingerprint density at radius 1 is 1.04 bits per heavy atom. The molecule has 47 heavy (non-hydrogen) atoms. The smallest absolute Gasteiger partial charge is 0.326 e. The van der Waals surface area contributed by atoms with E-state index in [0.717, 1.165) is 86.4 Å². The van der Waals surface area contributed by atoms with E-state index in [9.17, 15) is 14.4 Å². The van der Waals surface area contributed by atoms with Crippen molar-refractivity contribution < 1.29 is 9.13 Å². The van der Waals surface area contributed by atoms with Gasteiger partial charge in [0.2, 0.25) is 0 Å². The highest BCUT2D eigenvalue weighted by Gasteiger charge is 2.44. The number of nitrogens with zero attached hydrogens (tertiary/aromatic N) is 6. The van der Waals surface area contributed by atoms with Crippen LogP contribution >= 0.6 is 0 Å². The van der Waals surface area contributed by atoms with E-state index in [1.54, 1.807) is 29.2 Å². The van der Waals surface area contributed by atoms with Crippen molar-refractivity contribution >= 4 is 16.9 Å². The summed E-state index contributed by atoms with van der Waals surface area (Å²) in [5, 5.41) is 9.50. The van der Waals surface area contributed by atoms with Crippen LogP contribution in [-0.4, -0.2) is 50.6 Å². The standard InChI is InChI=1S/C37H36FN7O2/c1-2-45-32-9-4-25(16-31(32)42-36(45)46)20-43-13-11-37(21-43)12-14-44(22-37)35-34(19-40-23-41-35)47-33-10-7-27(38)17-30(33)28-8-3-24(18-39)15-29(28)26-5-6-26/h3-4,7-10,15-17,19,23,26H,2,5-6,11-14,20-22H2,1H3,(H,42,46). The van der Waals surface area contributed by atoms with Gasteiger partial charge in [-0.1, -0.05) is 12.1 Å².